The Morgan fingerprint density at radius 3 is 2.19 bits per heavy atom. The van der Waals surface area contributed by atoms with Gasteiger partial charge in [0.15, 0.2) is 0 Å². The standard InChI is InChI=1S/C21H14FN3O2/c22-15-8-5-13(6-9-15)11-18-20(26)25-19(21(27)24-18)12-16-10-7-14-3-1-2-4-17(14)23-16/h1-12H,(H,24,27)(H,25,26). The van der Waals surface area contributed by atoms with Crippen LogP contribution in [0.25, 0.3) is 23.1 Å². The van der Waals surface area contributed by atoms with Crippen LogP contribution < -0.4 is 21.8 Å². The Labute approximate surface area is 152 Å². The monoisotopic (exact) mass is 359 g/mol. The van der Waals surface area contributed by atoms with Crippen LogP contribution in [-0.2, 0) is 0 Å². The third-order valence-electron chi connectivity index (χ3n) is 4.08. The Kier molecular flexibility index (Phi) is 4.22. The number of halogens is 1. The number of nitrogens with one attached hydrogen (secondary N) is 2. The Morgan fingerprint density at radius 1 is 0.778 bits per heavy atom. The molecule has 2 aromatic heterocycles. The lowest BCUT2D eigenvalue weighted by atomic mass is 10.2. The summed E-state index contributed by atoms with van der Waals surface area (Å²) in [5.74, 6) is -0.373. The maximum atomic E-state index is 13.0. The SMILES string of the molecule is O=c1[nH]c(=Cc2ccc3ccccc3n2)c(=O)[nH]c1=Cc1ccc(F)cc1. The molecular formula is C21H14FN3O2. The van der Waals surface area contributed by atoms with E-state index < -0.39 is 11.1 Å². The number of aromatic nitrogens is 3. The van der Waals surface area contributed by atoms with Crippen molar-refractivity contribution in [1.82, 2.24) is 15.0 Å². The predicted molar refractivity (Wildman–Crippen MR) is 102 cm³/mol. The highest BCUT2D eigenvalue weighted by atomic mass is 19.1. The molecular weight excluding hydrogens is 345 g/mol. The van der Waals surface area contributed by atoms with Crippen molar-refractivity contribution in [1.29, 1.82) is 0 Å². The molecule has 27 heavy (non-hydrogen) atoms. The molecule has 2 N–H and O–H groups in total. The molecule has 132 valence electrons. The van der Waals surface area contributed by atoms with Gasteiger partial charge < -0.3 is 9.97 Å². The zero-order chi connectivity index (χ0) is 18.8. The quantitative estimate of drug-likeness (QED) is 0.568. The number of H-pyrrole nitrogens is 2. The van der Waals surface area contributed by atoms with Gasteiger partial charge in [0.1, 0.15) is 16.5 Å². The lowest BCUT2D eigenvalue weighted by Gasteiger charge is -1.98. The van der Waals surface area contributed by atoms with Crippen molar-refractivity contribution in [2.24, 2.45) is 0 Å². The highest BCUT2D eigenvalue weighted by molar-refractivity contribution is 5.79. The second-order valence-electron chi connectivity index (χ2n) is 6.00. The van der Waals surface area contributed by atoms with Gasteiger partial charge in [-0.3, -0.25) is 9.59 Å². The van der Waals surface area contributed by atoms with Crippen molar-refractivity contribution < 1.29 is 4.39 Å². The molecule has 2 aromatic carbocycles. The summed E-state index contributed by atoms with van der Waals surface area (Å²) in [6, 6.07) is 16.9. The molecule has 0 spiro atoms. The first-order valence-electron chi connectivity index (χ1n) is 8.26. The number of benzene rings is 2. The molecule has 0 atom stereocenters. The van der Waals surface area contributed by atoms with Gasteiger partial charge in [0.25, 0.3) is 11.1 Å². The summed E-state index contributed by atoms with van der Waals surface area (Å²) < 4.78 is 13.0. The van der Waals surface area contributed by atoms with Crippen molar-refractivity contribution in [3.8, 4) is 0 Å². The van der Waals surface area contributed by atoms with Crippen molar-refractivity contribution >= 4 is 23.1 Å². The minimum atomic E-state index is -0.453. The van der Waals surface area contributed by atoms with Crippen molar-refractivity contribution in [3.63, 3.8) is 0 Å². The van der Waals surface area contributed by atoms with Crippen LogP contribution in [-0.4, -0.2) is 15.0 Å². The van der Waals surface area contributed by atoms with E-state index >= 15 is 0 Å². The summed E-state index contributed by atoms with van der Waals surface area (Å²) >= 11 is 0. The first kappa shape index (κ1) is 16.7. The molecule has 0 saturated carbocycles. The largest absolute Gasteiger partial charge is 0.316 e. The van der Waals surface area contributed by atoms with Crippen LogP contribution in [0, 0.1) is 5.82 Å². The van der Waals surface area contributed by atoms with E-state index in [1.165, 1.54) is 36.4 Å². The number of nitrogens with zero attached hydrogens (tertiary/aromatic N) is 1. The molecule has 0 aliphatic carbocycles. The molecule has 0 fully saturated rings. The minimum Gasteiger partial charge on any atom is -0.316 e. The maximum Gasteiger partial charge on any atom is 0.272 e. The highest BCUT2D eigenvalue weighted by Crippen LogP contribution is 2.11. The van der Waals surface area contributed by atoms with Crippen molar-refractivity contribution in [3.05, 3.63) is 109 Å². The van der Waals surface area contributed by atoms with Gasteiger partial charge in [-0.1, -0.05) is 36.4 Å². The minimum absolute atomic E-state index is 0.0928. The normalized spacial score (nSPS) is 12.6. The molecule has 2 heterocycles. The van der Waals surface area contributed by atoms with E-state index in [2.05, 4.69) is 15.0 Å². The second kappa shape index (κ2) is 6.84. The van der Waals surface area contributed by atoms with E-state index in [1.807, 2.05) is 30.3 Å². The fourth-order valence-corrected chi connectivity index (χ4v) is 2.73. The Hall–Kier alpha value is -3.80. The number of rotatable bonds is 2. The van der Waals surface area contributed by atoms with Gasteiger partial charge in [-0.15, -0.1) is 0 Å². The van der Waals surface area contributed by atoms with Gasteiger partial charge in [-0.2, -0.15) is 0 Å². The van der Waals surface area contributed by atoms with Crippen LogP contribution in [0.2, 0.25) is 0 Å². The Morgan fingerprint density at radius 2 is 1.44 bits per heavy atom. The molecule has 5 nitrogen and oxygen atoms in total. The number of hydrogen-bond donors (Lipinski definition) is 2. The summed E-state index contributed by atoms with van der Waals surface area (Å²) in [7, 11) is 0. The number of hydrogen-bond acceptors (Lipinski definition) is 3. The van der Waals surface area contributed by atoms with Crippen LogP contribution >= 0.6 is 0 Å². The summed E-state index contributed by atoms with van der Waals surface area (Å²) in [5.41, 5.74) is 1.06. The fraction of sp³-hybridized carbons (Fsp3) is 0. The number of fused-ring (bicyclic) bond motifs is 1. The van der Waals surface area contributed by atoms with E-state index in [-0.39, 0.29) is 16.5 Å². The molecule has 0 amide bonds. The molecule has 0 unspecified atom stereocenters. The van der Waals surface area contributed by atoms with Gasteiger partial charge in [0.2, 0.25) is 0 Å². The maximum absolute atomic E-state index is 13.0. The number of aromatic amines is 2. The van der Waals surface area contributed by atoms with Crippen molar-refractivity contribution in [2.75, 3.05) is 0 Å². The third kappa shape index (κ3) is 3.59. The Bertz CT molecular complexity index is 1370. The van der Waals surface area contributed by atoms with Crippen LogP contribution in [0.1, 0.15) is 11.3 Å². The topological polar surface area (TPSA) is 78.6 Å². The van der Waals surface area contributed by atoms with Gasteiger partial charge in [-0.25, -0.2) is 9.37 Å². The van der Waals surface area contributed by atoms with E-state index in [9.17, 15) is 14.0 Å². The molecule has 0 radical (unpaired) electrons. The zero-order valence-corrected chi connectivity index (χ0v) is 14.1. The average molecular weight is 359 g/mol. The van der Waals surface area contributed by atoms with Crippen LogP contribution in [0.3, 0.4) is 0 Å². The first-order valence-corrected chi connectivity index (χ1v) is 8.26. The summed E-state index contributed by atoms with van der Waals surface area (Å²) in [5, 5.41) is 1.19. The van der Waals surface area contributed by atoms with Crippen molar-refractivity contribution in [2.45, 2.75) is 0 Å². The first-order chi connectivity index (χ1) is 13.1. The summed E-state index contributed by atoms with van der Waals surface area (Å²) in [6.45, 7) is 0. The van der Waals surface area contributed by atoms with Gasteiger partial charge in [0, 0.05) is 5.39 Å². The van der Waals surface area contributed by atoms with Crippen LogP contribution in [0.5, 0.6) is 0 Å². The molecule has 6 heteroatoms. The van der Waals surface area contributed by atoms with Crippen LogP contribution in [0.15, 0.2) is 70.3 Å². The molecule has 0 bridgehead atoms. The van der Waals surface area contributed by atoms with E-state index in [1.54, 1.807) is 6.07 Å². The zero-order valence-electron chi connectivity index (χ0n) is 14.1. The Balaban J connectivity index is 1.81. The van der Waals surface area contributed by atoms with E-state index in [0.717, 1.165) is 10.9 Å². The molecule has 0 aliphatic rings. The smallest absolute Gasteiger partial charge is 0.272 e. The van der Waals surface area contributed by atoms with E-state index in [0.29, 0.717) is 11.3 Å². The average Bonchev–Trinajstić information content (AvgIpc) is 2.67. The summed E-state index contributed by atoms with van der Waals surface area (Å²) in [6.07, 6.45) is 3.01. The van der Waals surface area contributed by atoms with Gasteiger partial charge in [0.05, 0.1) is 11.2 Å². The fourth-order valence-electron chi connectivity index (χ4n) is 2.73. The molecule has 0 aliphatic heterocycles. The third-order valence-corrected chi connectivity index (χ3v) is 4.08. The van der Waals surface area contributed by atoms with E-state index in [4.69, 9.17) is 0 Å². The highest BCUT2D eigenvalue weighted by Gasteiger charge is 1.99. The molecule has 4 rings (SSSR count). The number of pyridine rings is 1. The molecule has 0 saturated heterocycles. The van der Waals surface area contributed by atoms with Gasteiger partial charge >= 0.3 is 0 Å². The molecule has 4 aromatic rings. The number of para-hydroxylation sites is 1. The lowest BCUT2D eigenvalue weighted by Crippen LogP contribution is -2.46. The lowest BCUT2D eigenvalue weighted by molar-refractivity contribution is 0.628. The second-order valence-corrected chi connectivity index (χ2v) is 6.00. The summed E-state index contributed by atoms with van der Waals surface area (Å²) in [4.78, 5) is 34.2. The van der Waals surface area contributed by atoms with Gasteiger partial charge in [-0.05, 0) is 42.0 Å². The predicted octanol–water partition coefficient (Wildman–Crippen LogP) is 1.41. The van der Waals surface area contributed by atoms with Crippen LogP contribution in [0.4, 0.5) is 4.39 Å².